The minimum absolute atomic E-state index is 0.0210. The number of rotatable bonds is 7. The highest BCUT2D eigenvalue weighted by atomic mass is 19.4. The molecule has 0 N–H and O–H groups in total. The minimum atomic E-state index is -5.03. The normalized spacial score (nSPS) is 18.1. The Bertz CT molecular complexity index is 1250. The minimum Gasteiger partial charge on any atom is -0.453 e. The molecule has 37 heavy (non-hydrogen) atoms. The molecule has 1 aliphatic rings. The number of ether oxygens (including phenoxy) is 2. The Kier molecular flexibility index (Phi) is 8.05. The zero-order valence-electron chi connectivity index (χ0n) is 20.6. The third-order valence-electron chi connectivity index (χ3n) is 6.91. The summed E-state index contributed by atoms with van der Waals surface area (Å²) in [7, 11) is 0. The van der Waals surface area contributed by atoms with Crippen LogP contribution in [0.25, 0.3) is 11.1 Å². The molecule has 4 rings (SSSR count). The first-order valence-electron chi connectivity index (χ1n) is 12.4. The fraction of sp³-hybridized carbons (Fsp3) is 0.379. The third kappa shape index (κ3) is 6.22. The van der Waals surface area contributed by atoms with Crippen molar-refractivity contribution in [3.63, 3.8) is 0 Å². The number of para-hydroxylation sites is 1. The molecular formula is C29H28F6O2. The Hall–Kier alpha value is -3.16. The molecule has 0 radical (unpaired) electrons. The average molecular weight is 523 g/mol. The van der Waals surface area contributed by atoms with Crippen molar-refractivity contribution in [2.75, 3.05) is 0 Å². The van der Waals surface area contributed by atoms with Gasteiger partial charge in [0.2, 0.25) is 0 Å². The van der Waals surface area contributed by atoms with E-state index in [2.05, 4.69) is 11.7 Å². The molecular weight excluding hydrogens is 494 g/mol. The van der Waals surface area contributed by atoms with Crippen molar-refractivity contribution in [1.82, 2.24) is 0 Å². The monoisotopic (exact) mass is 522 g/mol. The molecule has 2 nitrogen and oxygen atoms in total. The van der Waals surface area contributed by atoms with Gasteiger partial charge in [0, 0.05) is 11.1 Å². The van der Waals surface area contributed by atoms with Crippen LogP contribution in [0.15, 0.2) is 48.5 Å². The largest absolute Gasteiger partial charge is 0.573 e. The molecule has 0 aromatic heterocycles. The van der Waals surface area contributed by atoms with E-state index in [1.807, 2.05) is 0 Å². The van der Waals surface area contributed by atoms with Crippen LogP contribution >= 0.6 is 0 Å². The van der Waals surface area contributed by atoms with E-state index in [1.54, 1.807) is 18.2 Å². The van der Waals surface area contributed by atoms with Crippen molar-refractivity contribution in [2.24, 2.45) is 5.92 Å². The fourth-order valence-electron chi connectivity index (χ4n) is 5.16. The highest BCUT2D eigenvalue weighted by Gasteiger charge is 2.33. The van der Waals surface area contributed by atoms with E-state index in [4.69, 9.17) is 4.74 Å². The number of hydrogen-bond donors (Lipinski definition) is 0. The van der Waals surface area contributed by atoms with Gasteiger partial charge in [-0.15, -0.1) is 13.2 Å². The predicted molar refractivity (Wildman–Crippen MR) is 129 cm³/mol. The second kappa shape index (κ2) is 11.1. The SMILES string of the molecule is CCCC1CCC(c2c(F)cc(C)c(Oc3ccccc3-c3ccc(OC(F)(F)F)c(F)c3)c2F)CC1. The molecule has 1 saturated carbocycles. The summed E-state index contributed by atoms with van der Waals surface area (Å²) in [6.45, 7) is 3.67. The van der Waals surface area contributed by atoms with Crippen LogP contribution in [0.3, 0.4) is 0 Å². The Morgan fingerprint density at radius 1 is 0.865 bits per heavy atom. The van der Waals surface area contributed by atoms with Crippen LogP contribution in [-0.2, 0) is 0 Å². The molecule has 0 spiro atoms. The van der Waals surface area contributed by atoms with Crippen molar-refractivity contribution in [1.29, 1.82) is 0 Å². The van der Waals surface area contributed by atoms with Gasteiger partial charge in [0.1, 0.15) is 11.6 Å². The van der Waals surface area contributed by atoms with Gasteiger partial charge in [-0.05, 0) is 79.8 Å². The highest BCUT2D eigenvalue weighted by Crippen LogP contribution is 2.44. The lowest BCUT2D eigenvalue weighted by molar-refractivity contribution is -0.275. The van der Waals surface area contributed by atoms with Crippen LogP contribution in [0, 0.1) is 30.3 Å². The number of hydrogen-bond acceptors (Lipinski definition) is 2. The van der Waals surface area contributed by atoms with E-state index in [1.165, 1.54) is 25.1 Å². The zero-order chi connectivity index (χ0) is 26.7. The van der Waals surface area contributed by atoms with Gasteiger partial charge in [-0.3, -0.25) is 0 Å². The van der Waals surface area contributed by atoms with Crippen LogP contribution in [-0.4, -0.2) is 6.36 Å². The maximum absolute atomic E-state index is 15.8. The van der Waals surface area contributed by atoms with Crippen molar-refractivity contribution < 1.29 is 35.8 Å². The Morgan fingerprint density at radius 3 is 2.22 bits per heavy atom. The summed E-state index contributed by atoms with van der Waals surface area (Å²) in [5.74, 6) is -3.18. The molecule has 0 amide bonds. The summed E-state index contributed by atoms with van der Waals surface area (Å²) in [4.78, 5) is 0. The predicted octanol–water partition coefficient (Wildman–Crippen LogP) is 9.84. The van der Waals surface area contributed by atoms with Gasteiger partial charge >= 0.3 is 6.36 Å². The van der Waals surface area contributed by atoms with Gasteiger partial charge in [-0.1, -0.05) is 44.0 Å². The van der Waals surface area contributed by atoms with Crippen molar-refractivity contribution >= 4 is 0 Å². The van der Waals surface area contributed by atoms with Gasteiger partial charge in [0.05, 0.1) is 0 Å². The quantitative estimate of drug-likeness (QED) is 0.288. The number of alkyl halides is 3. The maximum atomic E-state index is 15.8. The molecule has 3 aromatic carbocycles. The molecule has 1 aliphatic carbocycles. The molecule has 8 heteroatoms. The lowest BCUT2D eigenvalue weighted by atomic mass is 9.77. The summed E-state index contributed by atoms with van der Waals surface area (Å²) in [6.07, 6.45) is 0.400. The van der Waals surface area contributed by atoms with Gasteiger partial charge < -0.3 is 9.47 Å². The molecule has 0 heterocycles. The number of benzene rings is 3. The van der Waals surface area contributed by atoms with E-state index in [-0.39, 0.29) is 34.1 Å². The first-order chi connectivity index (χ1) is 17.6. The van der Waals surface area contributed by atoms with Crippen LogP contribution in [0.1, 0.15) is 62.5 Å². The van der Waals surface area contributed by atoms with Crippen LogP contribution in [0.2, 0.25) is 0 Å². The third-order valence-corrected chi connectivity index (χ3v) is 6.91. The standard InChI is InChI=1S/C29H28F6O2/c1-3-6-18-9-11-19(12-10-18)26-23(31)15-17(2)28(27(26)32)36-24-8-5-4-7-21(24)20-13-14-25(22(30)16-20)37-29(33,34)35/h4-5,7-8,13-16,18-19H,3,6,9-12H2,1-2H3. The average Bonchev–Trinajstić information content (AvgIpc) is 2.84. The number of halogens is 6. The van der Waals surface area contributed by atoms with E-state index < -0.39 is 29.6 Å². The molecule has 0 aliphatic heterocycles. The van der Waals surface area contributed by atoms with Gasteiger partial charge in [-0.25, -0.2) is 13.2 Å². The smallest absolute Gasteiger partial charge is 0.453 e. The topological polar surface area (TPSA) is 18.5 Å². The molecule has 3 aromatic rings. The van der Waals surface area contributed by atoms with E-state index in [0.717, 1.165) is 37.8 Å². The van der Waals surface area contributed by atoms with Crippen molar-refractivity contribution in [3.05, 3.63) is 77.1 Å². The first kappa shape index (κ1) is 26.9. The second-order valence-corrected chi connectivity index (χ2v) is 9.53. The zero-order valence-corrected chi connectivity index (χ0v) is 20.6. The molecule has 0 bridgehead atoms. The van der Waals surface area contributed by atoms with Crippen molar-refractivity contribution in [2.45, 2.75) is 64.7 Å². The Morgan fingerprint density at radius 2 is 1.57 bits per heavy atom. The van der Waals surface area contributed by atoms with E-state index >= 15 is 4.39 Å². The van der Waals surface area contributed by atoms with Gasteiger partial charge in [-0.2, -0.15) is 0 Å². The number of aryl methyl sites for hydroxylation is 1. The maximum Gasteiger partial charge on any atom is 0.573 e. The lowest BCUT2D eigenvalue weighted by Crippen LogP contribution is -2.17. The van der Waals surface area contributed by atoms with Crippen LogP contribution in [0.4, 0.5) is 26.3 Å². The van der Waals surface area contributed by atoms with Crippen LogP contribution in [0.5, 0.6) is 17.2 Å². The highest BCUT2D eigenvalue weighted by molar-refractivity contribution is 5.71. The Labute approximate surface area is 212 Å². The van der Waals surface area contributed by atoms with Gasteiger partial charge in [0.15, 0.2) is 23.1 Å². The molecule has 198 valence electrons. The molecule has 0 saturated heterocycles. The molecule has 1 fully saturated rings. The van der Waals surface area contributed by atoms with Gasteiger partial charge in [0.25, 0.3) is 0 Å². The summed E-state index contributed by atoms with van der Waals surface area (Å²) in [6, 6.07) is 10.6. The van der Waals surface area contributed by atoms with Crippen LogP contribution < -0.4 is 9.47 Å². The summed E-state index contributed by atoms with van der Waals surface area (Å²) in [5.41, 5.74) is 0.808. The van der Waals surface area contributed by atoms with E-state index in [0.29, 0.717) is 24.3 Å². The van der Waals surface area contributed by atoms with E-state index in [9.17, 15) is 22.0 Å². The fourth-order valence-corrected chi connectivity index (χ4v) is 5.16. The second-order valence-electron chi connectivity index (χ2n) is 9.53. The summed E-state index contributed by atoms with van der Waals surface area (Å²) < 4.78 is 92.3. The van der Waals surface area contributed by atoms with Crippen molar-refractivity contribution in [3.8, 4) is 28.4 Å². The summed E-state index contributed by atoms with van der Waals surface area (Å²) in [5, 5.41) is 0. The Balaban J connectivity index is 1.65. The molecule has 0 atom stereocenters. The first-order valence-corrected chi connectivity index (χ1v) is 12.4. The molecule has 0 unspecified atom stereocenters. The summed E-state index contributed by atoms with van der Waals surface area (Å²) >= 11 is 0. The lowest BCUT2D eigenvalue weighted by Gasteiger charge is -2.29.